The van der Waals surface area contributed by atoms with E-state index >= 15 is 0 Å². The van der Waals surface area contributed by atoms with Gasteiger partial charge in [-0.3, -0.25) is 10.1 Å². The average molecular weight is 245 g/mol. The van der Waals surface area contributed by atoms with Crippen LogP contribution in [-0.4, -0.2) is 15.6 Å². The van der Waals surface area contributed by atoms with Gasteiger partial charge in [-0.15, -0.1) is 0 Å². The summed E-state index contributed by atoms with van der Waals surface area (Å²) >= 11 is 0. The number of aryl methyl sites for hydroxylation is 1. The SMILES string of the molecule is Cn1cccc1C(C)(OO)C(=O)c1ccccc1. The number of Topliss-reactive ketones (excluding diaryl/α,β-unsaturated/α-hetero) is 1. The minimum atomic E-state index is -1.40. The van der Waals surface area contributed by atoms with Crippen LogP contribution in [0.5, 0.6) is 0 Å². The Balaban J connectivity index is 2.46. The third kappa shape index (κ3) is 1.96. The summed E-state index contributed by atoms with van der Waals surface area (Å²) in [5, 5.41) is 9.18. The van der Waals surface area contributed by atoms with Crippen LogP contribution in [0, 0.1) is 0 Å². The summed E-state index contributed by atoms with van der Waals surface area (Å²) < 4.78 is 1.75. The van der Waals surface area contributed by atoms with Crippen molar-refractivity contribution in [2.45, 2.75) is 12.5 Å². The molecule has 1 heterocycles. The van der Waals surface area contributed by atoms with Crippen LogP contribution in [0.25, 0.3) is 0 Å². The highest BCUT2D eigenvalue weighted by Crippen LogP contribution is 2.28. The van der Waals surface area contributed by atoms with E-state index in [9.17, 15) is 10.1 Å². The summed E-state index contributed by atoms with van der Waals surface area (Å²) in [5.41, 5.74) is -0.311. The van der Waals surface area contributed by atoms with Crippen molar-refractivity contribution in [3.05, 3.63) is 59.9 Å². The van der Waals surface area contributed by atoms with Crippen LogP contribution in [0.15, 0.2) is 48.7 Å². The molecular weight excluding hydrogens is 230 g/mol. The lowest BCUT2D eigenvalue weighted by Gasteiger charge is -2.25. The van der Waals surface area contributed by atoms with Gasteiger partial charge < -0.3 is 4.57 Å². The molecule has 0 radical (unpaired) electrons. The number of hydrogen-bond acceptors (Lipinski definition) is 3. The Labute approximate surface area is 105 Å². The van der Waals surface area contributed by atoms with Gasteiger partial charge in [-0.25, -0.2) is 4.89 Å². The molecule has 0 bridgehead atoms. The van der Waals surface area contributed by atoms with Gasteiger partial charge >= 0.3 is 0 Å². The standard InChI is InChI=1S/C14H15NO3/c1-14(18-17,12-9-6-10-15(12)2)13(16)11-7-4-3-5-8-11/h3-10,17H,1-2H3. The predicted octanol–water partition coefficient (Wildman–Crippen LogP) is 2.61. The van der Waals surface area contributed by atoms with E-state index in [-0.39, 0.29) is 5.78 Å². The van der Waals surface area contributed by atoms with E-state index in [0.717, 1.165) is 0 Å². The Morgan fingerprint density at radius 2 is 1.89 bits per heavy atom. The van der Waals surface area contributed by atoms with Gasteiger partial charge in [-0.1, -0.05) is 30.3 Å². The fraction of sp³-hybridized carbons (Fsp3) is 0.214. The maximum Gasteiger partial charge on any atom is 0.203 e. The molecule has 4 heteroatoms. The van der Waals surface area contributed by atoms with Gasteiger partial charge in [0.15, 0.2) is 0 Å². The number of rotatable bonds is 4. The van der Waals surface area contributed by atoms with E-state index in [4.69, 9.17) is 0 Å². The highest BCUT2D eigenvalue weighted by molar-refractivity contribution is 6.02. The third-order valence-corrected chi connectivity index (χ3v) is 3.08. The molecule has 2 aromatic rings. The number of benzene rings is 1. The Bertz CT molecular complexity index is 547. The second-order valence-corrected chi connectivity index (χ2v) is 4.32. The number of carbonyl (C=O) groups is 1. The van der Waals surface area contributed by atoms with Gasteiger partial charge in [0.2, 0.25) is 11.4 Å². The largest absolute Gasteiger partial charge is 0.352 e. The van der Waals surface area contributed by atoms with Crippen molar-refractivity contribution < 1.29 is 14.9 Å². The molecule has 4 nitrogen and oxygen atoms in total. The Hall–Kier alpha value is -1.91. The topological polar surface area (TPSA) is 51.5 Å². The smallest absolute Gasteiger partial charge is 0.203 e. The summed E-state index contributed by atoms with van der Waals surface area (Å²) in [6.45, 7) is 1.55. The molecular formula is C14H15NO3. The molecule has 0 aliphatic rings. The van der Waals surface area contributed by atoms with Crippen molar-refractivity contribution in [2.75, 3.05) is 0 Å². The van der Waals surface area contributed by atoms with Gasteiger partial charge in [0.25, 0.3) is 0 Å². The summed E-state index contributed by atoms with van der Waals surface area (Å²) in [6, 6.07) is 12.3. The molecule has 1 unspecified atom stereocenters. The zero-order chi connectivity index (χ0) is 13.2. The molecule has 1 atom stereocenters. The van der Waals surface area contributed by atoms with Gasteiger partial charge in [-0.05, 0) is 19.1 Å². The number of ketones is 1. The molecule has 0 saturated heterocycles. The minimum Gasteiger partial charge on any atom is -0.352 e. The van der Waals surface area contributed by atoms with Crippen LogP contribution in [0.4, 0.5) is 0 Å². The van der Waals surface area contributed by atoms with Gasteiger partial charge in [0.05, 0.1) is 5.69 Å². The zero-order valence-corrected chi connectivity index (χ0v) is 10.3. The van der Waals surface area contributed by atoms with Crippen molar-refractivity contribution >= 4 is 5.78 Å². The molecule has 0 aliphatic heterocycles. The van der Waals surface area contributed by atoms with Gasteiger partial charge in [0.1, 0.15) is 0 Å². The lowest BCUT2D eigenvalue weighted by Crippen LogP contribution is -2.36. The first kappa shape index (κ1) is 12.5. The van der Waals surface area contributed by atoms with Crippen molar-refractivity contribution in [1.29, 1.82) is 0 Å². The molecule has 0 spiro atoms. The van der Waals surface area contributed by atoms with E-state index in [1.165, 1.54) is 0 Å². The second kappa shape index (κ2) is 4.76. The monoisotopic (exact) mass is 245 g/mol. The molecule has 1 N–H and O–H groups in total. The van der Waals surface area contributed by atoms with Crippen molar-refractivity contribution in [1.82, 2.24) is 4.57 Å². The molecule has 0 aliphatic carbocycles. The summed E-state index contributed by atoms with van der Waals surface area (Å²) in [7, 11) is 1.80. The van der Waals surface area contributed by atoms with Crippen LogP contribution in [0.1, 0.15) is 23.0 Å². The van der Waals surface area contributed by atoms with E-state index in [2.05, 4.69) is 4.89 Å². The lowest BCUT2D eigenvalue weighted by atomic mass is 9.91. The van der Waals surface area contributed by atoms with Gasteiger partial charge in [-0.2, -0.15) is 0 Å². The van der Waals surface area contributed by atoms with Crippen molar-refractivity contribution in [2.24, 2.45) is 7.05 Å². The molecule has 2 rings (SSSR count). The first-order chi connectivity index (χ1) is 8.59. The highest BCUT2D eigenvalue weighted by Gasteiger charge is 2.39. The molecule has 1 aromatic carbocycles. The molecule has 0 saturated carbocycles. The Kier molecular flexibility index (Phi) is 3.32. The number of nitrogens with zero attached hydrogens (tertiary/aromatic N) is 1. The number of carbonyl (C=O) groups excluding carboxylic acids is 1. The van der Waals surface area contributed by atoms with E-state index in [0.29, 0.717) is 11.3 Å². The Morgan fingerprint density at radius 1 is 1.22 bits per heavy atom. The highest BCUT2D eigenvalue weighted by atomic mass is 17.1. The lowest BCUT2D eigenvalue weighted by molar-refractivity contribution is -0.305. The van der Waals surface area contributed by atoms with Crippen LogP contribution in [0.3, 0.4) is 0 Å². The van der Waals surface area contributed by atoms with E-state index in [1.54, 1.807) is 61.1 Å². The van der Waals surface area contributed by atoms with Crippen molar-refractivity contribution in [3.8, 4) is 0 Å². The maximum absolute atomic E-state index is 12.4. The van der Waals surface area contributed by atoms with Crippen LogP contribution < -0.4 is 0 Å². The quantitative estimate of drug-likeness (QED) is 0.511. The minimum absolute atomic E-state index is 0.285. The second-order valence-electron chi connectivity index (χ2n) is 4.32. The average Bonchev–Trinajstić information content (AvgIpc) is 2.85. The summed E-state index contributed by atoms with van der Waals surface area (Å²) in [6.07, 6.45) is 1.80. The molecule has 18 heavy (non-hydrogen) atoms. The zero-order valence-electron chi connectivity index (χ0n) is 10.3. The molecule has 1 aromatic heterocycles. The Morgan fingerprint density at radius 3 is 2.39 bits per heavy atom. The van der Waals surface area contributed by atoms with E-state index in [1.807, 2.05) is 6.07 Å². The first-order valence-electron chi connectivity index (χ1n) is 5.64. The molecule has 94 valence electrons. The fourth-order valence-electron chi connectivity index (χ4n) is 2.03. The maximum atomic E-state index is 12.4. The predicted molar refractivity (Wildman–Crippen MR) is 67.3 cm³/mol. The van der Waals surface area contributed by atoms with Crippen LogP contribution in [0.2, 0.25) is 0 Å². The number of aromatic nitrogens is 1. The van der Waals surface area contributed by atoms with Crippen molar-refractivity contribution in [3.63, 3.8) is 0 Å². The normalized spacial score (nSPS) is 14.2. The summed E-state index contributed by atoms with van der Waals surface area (Å²) in [4.78, 5) is 17.0. The van der Waals surface area contributed by atoms with Crippen LogP contribution >= 0.6 is 0 Å². The van der Waals surface area contributed by atoms with Gasteiger partial charge in [0, 0.05) is 18.8 Å². The molecule has 0 amide bonds. The fourth-order valence-corrected chi connectivity index (χ4v) is 2.03. The summed E-state index contributed by atoms with van der Waals surface area (Å²) in [5.74, 6) is -0.285. The first-order valence-corrected chi connectivity index (χ1v) is 5.64. The van der Waals surface area contributed by atoms with E-state index < -0.39 is 5.60 Å². The number of hydrogen-bond donors (Lipinski definition) is 1. The molecule has 0 fully saturated rings. The van der Waals surface area contributed by atoms with Crippen LogP contribution in [-0.2, 0) is 17.5 Å². The third-order valence-electron chi connectivity index (χ3n) is 3.08.